The molecule has 0 radical (unpaired) electrons. The highest BCUT2D eigenvalue weighted by molar-refractivity contribution is 5.99. The number of hydrogen-bond donors (Lipinski definition) is 0. The molecule has 0 spiro atoms. The van der Waals surface area contributed by atoms with E-state index in [2.05, 4.69) is 21.9 Å². The van der Waals surface area contributed by atoms with Gasteiger partial charge >= 0.3 is 0 Å². The predicted molar refractivity (Wildman–Crippen MR) is 116 cm³/mol. The maximum Gasteiger partial charge on any atom is 0.143 e. The van der Waals surface area contributed by atoms with E-state index in [4.69, 9.17) is 10.1 Å². The van der Waals surface area contributed by atoms with E-state index in [-0.39, 0.29) is 6.61 Å². The summed E-state index contributed by atoms with van der Waals surface area (Å²) in [6.07, 6.45) is 3.69. The van der Waals surface area contributed by atoms with Gasteiger partial charge in [-0.15, -0.1) is 0 Å². The Morgan fingerprint density at radius 1 is 0.833 bits per heavy atom. The van der Waals surface area contributed by atoms with Crippen LogP contribution in [0.15, 0.2) is 84.1 Å². The molecule has 0 aliphatic carbocycles. The van der Waals surface area contributed by atoms with Gasteiger partial charge in [0, 0.05) is 34.8 Å². The van der Waals surface area contributed by atoms with Crippen molar-refractivity contribution in [3.63, 3.8) is 0 Å². The van der Waals surface area contributed by atoms with Crippen LogP contribution >= 0.6 is 0 Å². The van der Waals surface area contributed by atoms with Crippen LogP contribution in [0.2, 0.25) is 0 Å². The fourth-order valence-electron chi connectivity index (χ4n) is 3.42. The van der Waals surface area contributed by atoms with Crippen LogP contribution in [0, 0.1) is 22.7 Å². The Kier molecular flexibility index (Phi) is 5.55. The first-order chi connectivity index (χ1) is 14.8. The van der Waals surface area contributed by atoms with Crippen LogP contribution in [0.4, 0.5) is 0 Å². The maximum absolute atomic E-state index is 9.37. The van der Waals surface area contributed by atoms with Crippen molar-refractivity contribution in [2.24, 2.45) is 5.16 Å². The third kappa shape index (κ3) is 3.92. The summed E-state index contributed by atoms with van der Waals surface area (Å²) in [5.74, 6) is 0. The number of nitrogens with zero attached hydrogens (tertiary/aromatic N) is 4. The van der Waals surface area contributed by atoms with Gasteiger partial charge in [0.1, 0.15) is 6.61 Å². The van der Waals surface area contributed by atoms with Gasteiger partial charge in [-0.2, -0.15) is 10.5 Å². The average molecular weight is 390 g/mol. The summed E-state index contributed by atoms with van der Waals surface area (Å²) in [6, 6.07) is 27.4. The van der Waals surface area contributed by atoms with Crippen LogP contribution in [-0.4, -0.2) is 10.8 Å². The zero-order valence-corrected chi connectivity index (χ0v) is 16.2. The van der Waals surface area contributed by atoms with Crippen molar-refractivity contribution in [1.82, 2.24) is 4.57 Å². The minimum Gasteiger partial charge on any atom is -0.391 e. The van der Waals surface area contributed by atoms with E-state index in [1.54, 1.807) is 12.3 Å². The number of rotatable bonds is 6. The zero-order valence-electron chi connectivity index (χ0n) is 16.2. The highest BCUT2D eigenvalue weighted by Gasteiger charge is 2.09. The summed E-state index contributed by atoms with van der Waals surface area (Å²) in [4.78, 5) is 5.45. The van der Waals surface area contributed by atoms with E-state index >= 15 is 0 Å². The summed E-state index contributed by atoms with van der Waals surface area (Å²) in [5.41, 5.74) is 5.00. The van der Waals surface area contributed by atoms with Gasteiger partial charge in [-0.3, -0.25) is 0 Å². The minimum absolute atomic E-state index is 0.231. The van der Waals surface area contributed by atoms with E-state index < -0.39 is 0 Å². The van der Waals surface area contributed by atoms with Gasteiger partial charge in [-0.25, -0.2) is 0 Å². The van der Waals surface area contributed by atoms with E-state index in [1.807, 2.05) is 72.9 Å². The summed E-state index contributed by atoms with van der Waals surface area (Å²) >= 11 is 0. The molecule has 4 aromatic rings. The zero-order chi connectivity index (χ0) is 20.8. The molecule has 0 saturated carbocycles. The Morgan fingerprint density at radius 2 is 1.47 bits per heavy atom. The second-order valence-electron chi connectivity index (χ2n) is 6.78. The summed E-state index contributed by atoms with van der Waals surface area (Å²) in [7, 11) is 0. The largest absolute Gasteiger partial charge is 0.391 e. The highest BCUT2D eigenvalue weighted by atomic mass is 16.6. The van der Waals surface area contributed by atoms with Crippen LogP contribution < -0.4 is 0 Å². The van der Waals surface area contributed by atoms with Crippen LogP contribution in [-0.2, 0) is 18.0 Å². The Labute approximate surface area is 174 Å². The molecule has 5 nitrogen and oxygen atoms in total. The van der Waals surface area contributed by atoms with Gasteiger partial charge in [0.05, 0.1) is 29.5 Å². The molecule has 144 valence electrons. The van der Waals surface area contributed by atoms with Crippen molar-refractivity contribution in [2.75, 3.05) is 0 Å². The molecular weight excluding hydrogens is 372 g/mol. The lowest BCUT2D eigenvalue weighted by atomic mass is 10.1. The molecular formula is C25H18N4O. The number of oxime groups is 1. The molecule has 0 saturated heterocycles. The van der Waals surface area contributed by atoms with Gasteiger partial charge < -0.3 is 9.40 Å². The Morgan fingerprint density at radius 3 is 2.23 bits per heavy atom. The molecule has 3 aromatic carbocycles. The highest BCUT2D eigenvalue weighted by Crippen LogP contribution is 2.22. The molecule has 1 heterocycles. The second kappa shape index (κ2) is 8.77. The van der Waals surface area contributed by atoms with Crippen LogP contribution in [0.25, 0.3) is 10.9 Å². The third-order valence-corrected chi connectivity index (χ3v) is 4.92. The predicted octanol–water partition coefficient (Wildman–Crippen LogP) is 4.98. The average Bonchev–Trinajstić information content (AvgIpc) is 3.15. The fraction of sp³-hybridized carbons (Fsp3) is 0.0800. The number of fused-ring (bicyclic) bond motifs is 1. The number of hydrogen-bond acceptors (Lipinski definition) is 4. The number of nitriles is 2. The topological polar surface area (TPSA) is 74.1 Å². The number of benzene rings is 3. The van der Waals surface area contributed by atoms with E-state index in [9.17, 15) is 5.26 Å². The molecule has 0 unspecified atom stereocenters. The quantitative estimate of drug-likeness (QED) is 0.344. The second-order valence-corrected chi connectivity index (χ2v) is 6.78. The van der Waals surface area contributed by atoms with Crippen LogP contribution in [0.1, 0.15) is 27.8 Å². The molecule has 0 fully saturated rings. The number of aromatic nitrogens is 1. The van der Waals surface area contributed by atoms with Crippen molar-refractivity contribution in [3.05, 3.63) is 107 Å². The molecule has 0 amide bonds. The monoisotopic (exact) mass is 390 g/mol. The SMILES string of the molecule is N#Cc1ccccc1CO/N=C\c1cn(Cc2ccccc2C#N)c2ccccc12. The van der Waals surface area contributed by atoms with E-state index in [0.29, 0.717) is 17.7 Å². The molecule has 0 N–H and O–H groups in total. The summed E-state index contributed by atoms with van der Waals surface area (Å²) < 4.78 is 2.11. The van der Waals surface area contributed by atoms with Gasteiger partial charge in [-0.1, -0.05) is 59.8 Å². The van der Waals surface area contributed by atoms with Crippen molar-refractivity contribution in [1.29, 1.82) is 10.5 Å². The molecule has 4 rings (SSSR count). The van der Waals surface area contributed by atoms with Gasteiger partial charge in [0.2, 0.25) is 0 Å². The lowest BCUT2D eigenvalue weighted by Gasteiger charge is -2.07. The van der Waals surface area contributed by atoms with E-state index in [0.717, 1.165) is 27.6 Å². The molecule has 1 aromatic heterocycles. The number of para-hydroxylation sites is 1. The standard InChI is InChI=1S/C25H18N4O/c26-13-19-7-1-3-9-21(19)16-29-17-23(24-11-5-6-12-25(24)29)15-28-30-18-22-10-4-2-8-20(22)14-27/h1-12,15,17H,16,18H2/b28-15-. The Balaban J connectivity index is 1.57. The first-order valence-corrected chi connectivity index (χ1v) is 9.49. The smallest absolute Gasteiger partial charge is 0.143 e. The summed E-state index contributed by atoms with van der Waals surface area (Å²) in [5, 5.41) is 23.7. The molecule has 0 atom stereocenters. The minimum atomic E-state index is 0.231. The van der Waals surface area contributed by atoms with E-state index in [1.165, 1.54) is 0 Å². The maximum atomic E-state index is 9.37. The van der Waals surface area contributed by atoms with Crippen molar-refractivity contribution < 1.29 is 4.84 Å². The van der Waals surface area contributed by atoms with Crippen molar-refractivity contribution in [3.8, 4) is 12.1 Å². The lowest BCUT2D eigenvalue weighted by Crippen LogP contribution is -2.00. The van der Waals surface area contributed by atoms with Crippen molar-refractivity contribution in [2.45, 2.75) is 13.2 Å². The van der Waals surface area contributed by atoms with Crippen LogP contribution in [0.5, 0.6) is 0 Å². The molecule has 0 aliphatic rings. The van der Waals surface area contributed by atoms with Crippen molar-refractivity contribution >= 4 is 17.1 Å². The third-order valence-electron chi connectivity index (χ3n) is 4.92. The molecule has 5 heteroatoms. The Hall–Kier alpha value is -4.35. The first-order valence-electron chi connectivity index (χ1n) is 9.49. The molecule has 0 aliphatic heterocycles. The van der Waals surface area contributed by atoms with Crippen LogP contribution in [0.3, 0.4) is 0 Å². The molecule has 0 bridgehead atoms. The summed E-state index contributed by atoms with van der Waals surface area (Å²) in [6.45, 7) is 0.822. The van der Waals surface area contributed by atoms with Gasteiger partial charge in [0.15, 0.2) is 0 Å². The Bertz CT molecular complexity index is 1300. The van der Waals surface area contributed by atoms with Gasteiger partial charge in [-0.05, 0) is 23.8 Å². The molecule has 30 heavy (non-hydrogen) atoms. The lowest BCUT2D eigenvalue weighted by molar-refractivity contribution is 0.132. The fourth-order valence-corrected chi connectivity index (χ4v) is 3.42. The first kappa shape index (κ1) is 19.0. The normalized spacial score (nSPS) is 10.7. The van der Waals surface area contributed by atoms with Gasteiger partial charge in [0.25, 0.3) is 0 Å².